The van der Waals surface area contributed by atoms with Crippen LogP contribution in [0.15, 0.2) is 56.5 Å². The van der Waals surface area contributed by atoms with Crippen LogP contribution in [0.3, 0.4) is 0 Å². The molecule has 0 fully saturated rings. The van der Waals surface area contributed by atoms with Crippen molar-refractivity contribution in [1.82, 2.24) is 9.97 Å². The predicted octanol–water partition coefficient (Wildman–Crippen LogP) is 4.66. The summed E-state index contributed by atoms with van der Waals surface area (Å²) in [7, 11) is 0. The number of nitro groups is 1. The fourth-order valence-corrected chi connectivity index (χ4v) is 3.45. The van der Waals surface area contributed by atoms with E-state index in [0.29, 0.717) is 17.9 Å². The second-order valence-corrected chi connectivity index (χ2v) is 9.33. The fourth-order valence-electron chi connectivity index (χ4n) is 3.11. The van der Waals surface area contributed by atoms with Crippen molar-refractivity contribution in [2.45, 2.75) is 26.2 Å². The van der Waals surface area contributed by atoms with Crippen molar-refractivity contribution in [1.29, 1.82) is 0 Å². The molecule has 0 aliphatic rings. The summed E-state index contributed by atoms with van der Waals surface area (Å²) in [6, 6.07) is 13.2. The van der Waals surface area contributed by atoms with Crippen LogP contribution in [-0.4, -0.2) is 28.1 Å². The van der Waals surface area contributed by atoms with Crippen molar-refractivity contribution >= 4 is 33.8 Å². The summed E-state index contributed by atoms with van der Waals surface area (Å²) in [5.41, 5.74) is -1.01. The van der Waals surface area contributed by atoms with Gasteiger partial charge in [-0.15, -0.1) is 0 Å². The van der Waals surface area contributed by atoms with E-state index in [4.69, 9.17) is 9.47 Å². The third-order valence-corrected chi connectivity index (χ3v) is 5.36. The molecule has 3 aromatic rings. The van der Waals surface area contributed by atoms with Crippen LogP contribution in [0.5, 0.6) is 11.5 Å². The van der Waals surface area contributed by atoms with E-state index in [1.165, 1.54) is 17.7 Å². The molecule has 2 aromatic carbocycles. The molecule has 0 atom stereocenters. The monoisotopic (exact) mass is 529 g/mol. The molecule has 3 rings (SSSR count). The van der Waals surface area contributed by atoms with Gasteiger partial charge in [-0.3, -0.25) is 19.9 Å². The lowest BCUT2D eigenvalue weighted by molar-refractivity contribution is -0.386. The molecule has 2 N–H and O–H groups in total. The van der Waals surface area contributed by atoms with Gasteiger partial charge in [-0.1, -0.05) is 54.9 Å². The van der Waals surface area contributed by atoms with Gasteiger partial charge in [-0.2, -0.15) is 0 Å². The predicted molar refractivity (Wildman–Crippen MR) is 134 cm³/mol. The smallest absolute Gasteiger partial charge is 0.357 e. The molecule has 0 amide bonds. The Balaban J connectivity index is 1.71. The van der Waals surface area contributed by atoms with Gasteiger partial charge in [0.15, 0.2) is 0 Å². The standard InChI is InChI=1S/C24H24BrN3O6/c1-24(2,3)16-6-9-18(10-7-16)33-12-13-34-20-14-17(25)8-4-15(20)5-11-19-21(28(31)32)22(29)27-23(30)26-19/h4-11,14H,12-13H2,1-3H3,(H2,26,27,29,30)/b11-5+. The first-order chi connectivity index (χ1) is 16.0. The van der Waals surface area contributed by atoms with Gasteiger partial charge in [0, 0.05) is 10.0 Å². The molecule has 0 unspecified atom stereocenters. The van der Waals surface area contributed by atoms with Crippen LogP contribution >= 0.6 is 15.9 Å². The van der Waals surface area contributed by atoms with Gasteiger partial charge in [0.2, 0.25) is 0 Å². The molecular weight excluding hydrogens is 506 g/mol. The number of benzene rings is 2. The Morgan fingerprint density at radius 1 is 1.00 bits per heavy atom. The minimum Gasteiger partial charge on any atom is -0.490 e. The SMILES string of the molecule is CC(C)(C)c1ccc(OCCOc2cc(Br)ccc2/C=C/c2[nH]c(=O)[nH]c(=O)c2[N+](=O)[O-])cc1. The molecule has 0 aliphatic heterocycles. The van der Waals surface area contributed by atoms with Gasteiger partial charge < -0.3 is 14.5 Å². The topological polar surface area (TPSA) is 127 Å². The average molecular weight is 530 g/mol. The van der Waals surface area contributed by atoms with Crippen molar-refractivity contribution in [3.8, 4) is 11.5 Å². The Morgan fingerprint density at radius 2 is 1.68 bits per heavy atom. The summed E-state index contributed by atoms with van der Waals surface area (Å²) in [6.45, 7) is 6.99. The van der Waals surface area contributed by atoms with E-state index in [-0.39, 0.29) is 17.7 Å². The Morgan fingerprint density at radius 3 is 2.32 bits per heavy atom. The van der Waals surface area contributed by atoms with E-state index in [9.17, 15) is 19.7 Å². The van der Waals surface area contributed by atoms with Crippen LogP contribution in [0.25, 0.3) is 12.2 Å². The van der Waals surface area contributed by atoms with Crippen LogP contribution < -0.4 is 20.7 Å². The molecule has 10 heteroatoms. The molecule has 0 aliphatic carbocycles. The van der Waals surface area contributed by atoms with Gasteiger partial charge in [-0.05, 0) is 47.4 Å². The molecular formula is C24H24BrN3O6. The number of H-pyrrole nitrogens is 2. The van der Waals surface area contributed by atoms with Crippen molar-refractivity contribution in [2.24, 2.45) is 0 Å². The third-order valence-electron chi connectivity index (χ3n) is 4.86. The number of nitrogens with one attached hydrogen (secondary N) is 2. The molecule has 0 spiro atoms. The van der Waals surface area contributed by atoms with E-state index >= 15 is 0 Å². The number of aromatic nitrogens is 2. The van der Waals surface area contributed by atoms with Gasteiger partial charge in [0.1, 0.15) is 30.4 Å². The number of hydrogen-bond donors (Lipinski definition) is 2. The highest BCUT2D eigenvalue weighted by atomic mass is 79.9. The molecule has 9 nitrogen and oxygen atoms in total. The maximum Gasteiger partial charge on any atom is 0.357 e. The lowest BCUT2D eigenvalue weighted by Gasteiger charge is -2.19. The first-order valence-corrected chi connectivity index (χ1v) is 11.2. The van der Waals surface area contributed by atoms with Crippen LogP contribution in [0.1, 0.15) is 37.6 Å². The van der Waals surface area contributed by atoms with E-state index in [1.807, 2.05) is 29.2 Å². The van der Waals surface area contributed by atoms with Gasteiger partial charge >= 0.3 is 16.9 Å². The highest BCUT2D eigenvalue weighted by Crippen LogP contribution is 2.27. The zero-order chi connectivity index (χ0) is 24.9. The summed E-state index contributed by atoms with van der Waals surface area (Å²) in [5, 5.41) is 11.2. The Hall–Kier alpha value is -3.66. The molecule has 0 radical (unpaired) electrons. The summed E-state index contributed by atoms with van der Waals surface area (Å²) >= 11 is 3.39. The van der Waals surface area contributed by atoms with Crippen molar-refractivity contribution in [3.05, 3.63) is 94.7 Å². The first-order valence-electron chi connectivity index (χ1n) is 10.4. The lowest BCUT2D eigenvalue weighted by Crippen LogP contribution is -2.25. The van der Waals surface area contributed by atoms with Gasteiger partial charge in [-0.25, -0.2) is 4.79 Å². The number of aromatic amines is 2. The second-order valence-electron chi connectivity index (χ2n) is 8.41. The zero-order valence-corrected chi connectivity index (χ0v) is 20.5. The number of halogens is 1. The maximum absolute atomic E-state index is 11.8. The number of hydrogen-bond acceptors (Lipinski definition) is 6. The number of rotatable bonds is 8. The summed E-state index contributed by atoms with van der Waals surface area (Å²) in [4.78, 5) is 37.8. The quantitative estimate of drug-likeness (QED) is 0.248. The normalized spacial score (nSPS) is 11.5. The van der Waals surface area contributed by atoms with Crippen LogP contribution in [0.2, 0.25) is 0 Å². The first kappa shape index (κ1) is 25.0. The van der Waals surface area contributed by atoms with Crippen LogP contribution in [0.4, 0.5) is 5.69 Å². The minimum atomic E-state index is -1.08. The Labute approximate surface area is 203 Å². The molecule has 0 saturated carbocycles. The van der Waals surface area contributed by atoms with Crippen molar-refractivity contribution in [2.75, 3.05) is 13.2 Å². The molecule has 1 heterocycles. The maximum atomic E-state index is 11.8. The number of ether oxygens (including phenoxy) is 2. The van der Waals surface area contributed by atoms with E-state index in [1.54, 1.807) is 18.2 Å². The highest BCUT2D eigenvalue weighted by Gasteiger charge is 2.19. The van der Waals surface area contributed by atoms with Crippen molar-refractivity contribution < 1.29 is 14.4 Å². The fraction of sp³-hybridized carbons (Fsp3) is 0.250. The van der Waals surface area contributed by atoms with E-state index in [2.05, 4.69) is 41.7 Å². The molecule has 0 saturated heterocycles. The summed E-state index contributed by atoms with van der Waals surface area (Å²) < 4.78 is 12.4. The van der Waals surface area contributed by atoms with Gasteiger partial charge in [0.05, 0.1) is 4.92 Å². The highest BCUT2D eigenvalue weighted by molar-refractivity contribution is 9.10. The molecule has 178 valence electrons. The lowest BCUT2D eigenvalue weighted by atomic mass is 9.87. The Bertz CT molecular complexity index is 1320. The summed E-state index contributed by atoms with van der Waals surface area (Å²) in [6.07, 6.45) is 2.81. The van der Waals surface area contributed by atoms with Crippen LogP contribution in [0, 0.1) is 10.1 Å². The van der Waals surface area contributed by atoms with E-state index in [0.717, 1.165) is 10.2 Å². The van der Waals surface area contributed by atoms with Gasteiger partial charge in [0.25, 0.3) is 0 Å². The zero-order valence-electron chi connectivity index (χ0n) is 18.9. The van der Waals surface area contributed by atoms with Crippen LogP contribution in [-0.2, 0) is 5.41 Å². The van der Waals surface area contributed by atoms with Crippen molar-refractivity contribution in [3.63, 3.8) is 0 Å². The molecule has 34 heavy (non-hydrogen) atoms. The average Bonchev–Trinajstić information content (AvgIpc) is 2.75. The third kappa shape index (κ3) is 6.44. The molecule has 1 aromatic heterocycles. The largest absolute Gasteiger partial charge is 0.490 e. The second kappa shape index (κ2) is 10.5. The minimum absolute atomic E-state index is 0.0625. The number of nitrogens with zero attached hydrogens (tertiary/aromatic N) is 1. The summed E-state index contributed by atoms with van der Waals surface area (Å²) in [5.74, 6) is 1.23. The van der Waals surface area contributed by atoms with E-state index < -0.39 is 21.9 Å². The Kier molecular flexibility index (Phi) is 7.72. The molecule has 0 bridgehead atoms.